The van der Waals surface area contributed by atoms with Crippen molar-refractivity contribution in [3.05, 3.63) is 23.3 Å². The van der Waals surface area contributed by atoms with Crippen molar-refractivity contribution in [1.82, 2.24) is 30.2 Å². The van der Waals surface area contributed by atoms with Crippen molar-refractivity contribution in [3.63, 3.8) is 0 Å². The van der Waals surface area contributed by atoms with Crippen molar-refractivity contribution in [1.29, 1.82) is 0 Å². The number of esters is 1. The third-order valence-corrected chi connectivity index (χ3v) is 3.26. The molecule has 0 fully saturated rings. The van der Waals surface area contributed by atoms with E-state index in [4.69, 9.17) is 4.74 Å². The number of ether oxygens (including phenoxy) is 1. The van der Waals surface area contributed by atoms with E-state index in [9.17, 15) is 14.4 Å². The number of nitrogens with one attached hydrogen (secondary N) is 2. The Morgan fingerprint density at radius 2 is 2.00 bits per heavy atom. The summed E-state index contributed by atoms with van der Waals surface area (Å²) in [6, 6.07) is 1.07. The molecule has 2 heterocycles. The minimum Gasteiger partial charge on any atom is -0.450 e. The van der Waals surface area contributed by atoms with Crippen molar-refractivity contribution in [2.24, 2.45) is 0 Å². The average Bonchev–Trinajstić information content (AvgIpc) is 2.97. The van der Waals surface area contributed by atoms with Crippen LogP contribution in [0.5, 0.6) is 0 Å². The number of hydrogen-bond donors (Lipinski definition) is 2. The highest BCUT2D eigenvalue weighted by molar-refractivity contribution is 5.90. The summed E-state index contributed by atoms with van der Waals surface area (Å²) in [5.74, 6) is -1.67. The van der Waals surface area contributed by atoms with Crippen LogP contribution in [-0.4, -0.2) is 56.6 Å². The van der Waals surface area contributed by atoms with Gasteiger partial charge in [0.2, 0.25) is 5.91 Å². The molecule has 0 unspecified atom stereocenters. The first kappa shape index (κ1) is 18.3. The highest BCUT2D eigenvalue weighted by Gasteiger charge is 2.19. The third-order valence-electron chi connectivity index (χ3n) is 3.26. The van der Waals surface area contributed by atoms with Crippen LogP contribution in [0.3, 0.4) is 0 Å². The number of likely N-dealkylation sites (N-methyl/N-ethyl adjacent to an activating group) is 1. The van der Waals surface area contributed by atoms with E-state index in [0.29, 0.717) is 6.54 Å². The van der Waals surface area contributed by atoms with E-state index in [1.54, 1.807) is 19.9 Å². The first-order valence-electron chi connectivity index (χ1n) is 7.77. The topological polar surface area (TPSA) is 128 Å². The quantitative estimate of drug-likeness (QED) is 0.676. The number of hydrogen-bond acceptors (Lipinski definition) is 7. The summed E-state index contributed by atoms with van der Waals surface area (Å²) in [4.78, 5) is 43.4. The number of rotatable bonds is 6. The van der Waals surface area contributed by atoms with Gasteiger partial charge < -0.3 is 15.4 Å². The minimum atomic E-state index is -0.844. The van der Waals surface area contributed by atoms with E-state index in [2.05, 4.69) is 25.7 Å². The molecule has 0 spiro atoms. The molecule has 2 rings (SSSR count). The molecule has 2 aromatic heterocycles. The highest BCUT2D eigenvalue weighted by atomic mass is 16.5. The molecule has 0 aliphatic rings. The molecule has 25 heavy (non-hydrogen) atoms. The van der Waals surface area contributed by atoms with Crippen molar-refractivity contribution in [3.8, 4) is 0 Å². The molecule has 2 N–H and O–H groups in total. The molecule has 0 saturated carbocycles. The summed E-state index contributed by atoms with van der Waals surface area (Å²) in [5, 5.41) is 9.02. The van der Waals surface area contributed by atoms with Crippen molar-refractivity contribution in [2.45, 2.75) is 33.7 Å². The molecular formula is C15H20N6O4. The molecular weight excluding hydrogens is 328 g/mol. The maximum absolute atomic E-state index is 12.0. The number of aromatic nitrogens is 4. The van der Waals surface area contributed by atoms with Crippen LogP contribution < -0.4 is 10.6 Å². The van der Waals surface area contributed by atoms with Gasteiger partial charge in [0.05, 0.1) is 0 Å². The van der Waals surface area contributed by atoms with Gasteiger partial charge in [0.1, 0.15) is 6.04 Å². The molecule has 0 bridgehead atoms. The molecule has 10 heteroatoms. The van der Waals surface area contributed by atoms with Crippen LogP contribution in [-0.2, 0) is 14.3 Å². The molecule has 1 atom stereocenters. The van der Waals surface area contributed by atoms with Crippen molar-refractivity contribution in [2.75, 3.05) is 13.2 Å². The fraction of sp³-hybridized carbons (Fsp3) is 0.467. The van der Waals surface area contributed by atoms with Crippen LogP contribution in [0.2, 0.25) is 0 Å². The van der Waals surface area contributed by atoms with Crippen LogP contribution in [0.25, 0.3) is 5.78 Å². The van der Waals surface area contributed by atoms with Gasteiger partial charge in [0.25, 0.3) is 17.5 Å². The lowest BCUT2D eigenvalue weighted by molar-refractivity contribution is -0.130. The summed E-state index contributed by atoms with van der Waals surface area (Å²) >= 11 is 0. The Bertz CT molecular complexity index is 816. The van der Waals surface area contributed by atoms with Crippen molar-refractivity contribution >= 4 is 23.6 Å². The Morgan fingerprint density at radius 1 is 1.28 bits per heavy atom. The zero-order chi connectivity index (χ0) is 18.6. The molecule has 10 nitrogen and oxygen atoms in total. The zero-order valence-corrected chi connectivity index (χ0v) is 14.5. The fourth-order valence-electron chi connectivity index (χ4n) is 2.12. The maximum atomic E-state index is 12.0. The molecule has 2 aromatic rings. The zero-order valence-electron chi connectivity index (χ0n) is 14.5. The number of carbonyl (C=O) groups is 3. The predicted molar refractivity (Wildman–Crippen MR) is 86.8 cm³/mol. The fourth-order valence-corrected chi connectivity index (χ4v) is 2.12. The van der Waals surface area contributed by atoms with Crippen LogP contribution >= 0.6 is 0 Å². The van der Waals surface area contributed by atoms with Gasteiger partial charge in [0.15, 0.2) is 6.61 Å². The van der Waals surface area contributed by atoms with Gasteiger partial charge in [-0.05, 0) is 33.8 Å². The minimum absolute atomic E-state index is 0.189. The van der Waals surface area contributed by atoms with Crippen molar-refractivity contribution < 1.29 is 19.1 Å². The van der Waals surface area contributed by atoms with E-state index in [1.807, 2.05) is 6.92 Å². The molecule has 0 radical (unpaired) electrons. The number of amides is 2. The lowest BCUT2D eigenvalue weighted by atomic mass is 10.3. The number of aryl methyl sites for hydroxylation is 2. The standard InChI is InChI=1S/C15H20N6O4/c1-5-16-13(23)10(4)18-11(22)7-25-14(24)12-19-15-17-8(2)6-9(3)21(15)20-12/h6,10H,5,7H2,1-4H3,(H,16,23)(H,18,22)/t10-/m1/s1. The first-order chi connectivity index (χ1) is 11.8. The largest absolute Gasteiger partial charge is 0.450 e. The number of fused-ring (bicyclic) bond motifs is 1. The van der Waals surface area contributed by atoms with Crippen LogP contribution in [0, 0.1) is 13.8 Å². The monoisotopic (exact) mass is 348 g/mol. The van der Waals surface area contributed by atoms with Gasteiger partial charge in [-0.25, -0.2) is 14.3 Å². The van der Waals surface area contributed by atoms with Crippen LogP contribution in [0.4, 0.5) is 0 Å². The van der Waals surface area contributed by atoms with Gasteiger partial charge in [-0.3, -0.25) is 9.59 Å². The molecule has 134 valence electrons. The summed E-state index contributed by atoms with van der Waals surface area (Å²) in [5.41, 5.74) is 1.51. The second-order valence-electron chi connectivity index (χ2n) is 5.45. The van der Waals surface area contributed by atoms with Gasteiger partial charge in [0, 0.05) is 17.9 Å². The summed E-state index contributed by atoms with van der Waals surface area (Å²) in [7, 11) is 0. The molecule has 0 aromatic carbocycles. The molecule has 2 amide bonds. The Balaban J connectivity index is 1.95. The van der Waals surface area contributed by atoms with Crippen LogP contribution in [0.1, 0.15) is 35.9 Å². The highest BCUT2D eigenvalue weighted by Crippen LogP contribution is 2.06. The van der Waals surface area contributed by atoms with E-state index >= 15 is 0 Å². The number of nitrogens with zero attached hydrogens (tertiary/aromatic N) is 4. The second-order valence-corrected chi connectivity index (χ2v) is 5.45. The molecule has 0 aliphatic heterocycles. The number of carbonyl (C=O) groups excluding carboxylic acids is 3. The predicted octanol–water partition coefficient (Wildman–Crippen LogP) is -0.461. The van der Waals surface area contributed by atoms with E-state index in [-0.39, 0.29) is 17.5 Å². The van der Waals surface area contributed by atoms with E-state index in [0.717, 1.165) is 11.4 Å². The SMILES string of the molecule is CCNC(=O)[C@@H](C)NC(=O)COC(=O)c1nc2nc(C)cc(C)n2n1. The normalized spacial score (nSPS) is 11.8. The summed E-state index contributed by atoms with van der Waals surface area (Å²) < 4.78 is 6.30. The smallest absolute Gasteiger partial charge is 0.378 e. The average molecular weight is 348 g/mol. The Labute approximate surface area is 144 Å². The van der Waals surface area contributed by atoms with Crippen LogP contribution in [0.15, 0.2) is 6.07 Å². The van der Waals surface area contributed by atoms with Gasteiger partial charge in [-0.1, -0.05) is 0 Å². The van der Waals surface area contributed by atoms with Gasteiger partial charge in [-0.2, -0.15) is 4.98 Å². The van der Waals surface area contributed by atoms with Gasteiger partial charge >= 0.3 is 5.97 Å². The Kier molecular flexibility index (Phi) is 5.63. The lowest BCUT2D eigenvalue weighted by Crippen LogP contribution is -2.46. The Hall–Kier alpha value is -3.04. The third kappa shape index (κ3) is 4.49. The lowest BCUT2D eigenvalue weighted by Gasteiger charge is -2.12. The van der Waals surface area contributed by atoms with E-state index in [1.165, 1.54) is 11.4 Å². The Morgan fingerprint density at radius 3 is 2.68 bits per heavy atom. The first-order valence-corrected chi connectivity index (χ1v) is 7.77. The van der Waals surface area contributed by atoms with E-state index < -0.39 is 24.5 Å². The maximum Gasteiger partial charge on any atom is 0.378 e. The van der Waals surface area contributed by atoms with Gasteiger partial charge in [-0.15, -0.1) is 5.10 Å². The summed E-state index contributed by atoms with van der Waals surface area (Å²) in [6.45, 7) is 6.84. The molecule has 0 aliphatic carbocycles. The second kappa shape index (κ2) is 7.69. The summed E-state index contributed by atoms with van der Waals surface area (Å²) in [6.07, 6.45) is 0. The molecule has 0 saturated heterocycles.